The first-order chi connectivity index (χ1) is 7.78. The van der Waals surface area contributed by atoms with Gasteiger partial charge in [0.05, 0.1) is 12.8 Å². The number of aromatic nitrogens is 2. The molecular formula is C11H9FN2O2. The van der Waals surface area contributed by atoms with Crippen molar-refractivity contribution in [2.45, 2.75) is 12.8 Å². The Hall–Kier alpha value is -2.04. The fourth-order valence-corrected chi connectivity index (χ4v) is 1.34. The molecule has 0 fully saturated rings. The summed E-state index contributed by atoms with van der Waals surface area (Å²) in [6.07, 6.45) is 1.20. The zero-order valence-electron chi connectivity index (χ0n) is 8.39. The van der Waals surface area contributed by atoms with E-state index in [4.69, 9.17) is 4.52 Å². The average molecular weight is 220 g/mol. The molecule has 0 radical (unpaired) electrons. The monoisotopic (exact) mass is 220 g/mol. The molecule has 1 heterocycles. The molecule has 0 saturated heterocycles. The molecule has 0 aliphatic carbocycles. The standard InChI is InChI=1S/C11H9FN2O2/c12-9-3-1-2-8(6-9)7-11-13-10(4-5-15)14-16-11/h1-3,5-6H,4,7H2. The minimum Gasteiger partial charge on any atom is -0.339 e. The van der Waals surface area contributed by atoms with Gasteiger partial charge in [-0.1, -0.05) is 17.3 Å². The molecule has 16 heavy (non-hydrogen) atoms. The summed E-state index contributed by atoms with van der Waals surface area (Å²) < 4.78 is 17.8. The van der Waals surface area contributed by atoms with Crippen LogP contribution in [0.1, 0.15) is 17.3 Å². The number of aldehydes is 1. The van der Waals surface area contributed by atoms with Crippen LogP contribution in [0.25, 0.3) is 0 Å². The Kier molecular flexibility index (Phi) is 3.05. The minimum atomic E-state index is -0.301. The summed E-state index contributed by atoms with van der Waals surface area (Å²) in [5, 5.41) is 3.61. The first kappa shape index (κ1) is 10.5. The Morgan fingerprint density at radius 1 is 1.44 bits per heavy atom. The zero-order valence-corrected chi connectivity index (χ0v) is 8.39. The molecule has 0 aliphatic rings. The molecule has 4 nitrogen and oxygen atoms in total. The topological polar surface area (TPSA) is 56.0 Å². The van der Waals surface area contributed by atoms with Gasteiger partial charge in [-0.05, 0) is 17.7 Å². The van der Waals surface area contributed by atoms with Crippen molar-refractivity contribution in [1.82, 2.24) is 10.1 Å². The van der Waals surface area contributed by atoms with Gasteiger partial charge in [-0.15, -0.1) is 0 Å². The van der Waals surface area contributed by atoms with Crippen molar-refractivity contribution in [3.05, 3.63) is 47.4 Å². The normalized spacial score (nSPS) is 10.3. The third kappa shape index (κ3) is 2.50. The van der Waals surface area contributed by atoms with Crippen LogP contribution in [-0.2, 0) is 17.6 Å². The largest absolute Gasteiger partial charge is 0.339 e. The second-order valence-electron chi connectivity index (χ2n) is 3.28. The molecule has 5 heteroatoms. The Morgan fingerprint density at radius 3 is 3.06 bits per heavy atom. The number of carbonyl (C=O) groups excluding carboxylic acids is 1. The Labute approximate surface area is 91.1 Å². The smallest absolute Gasteiger partial charge is 0.231 e. The second-order valence-corrected chi connectivity index (χ2v) is 3.28. The van der Waals surface area contributed by atoms with E-state index < -0.39 is 0 Å². The maximum atomic E-state index is 12.9. The first-order valence-electron chi connectivity index (χ1n) is 4.77. The van der Waals surface area contributed by atoms with Gasteiger partial charge in [0.2, 0.25) is 5.89 Å². The zero-order chi connectivity index (χ0) is 11.4. The number of rotatable bonds is 4. The molecular weight excluding hydrogens is 211 g/mol. The lowest BCUT2D eigenvalue weighted by molar-refractivity contribution is -0.107. The van der Waals surface area contributed by atoms with Gasteiger partial charge in [0.1, 0.15) is 12.1 Å². The van der Waals surface area contributed by atoms with Crippen LogP contribution in [0.3, 0.4) is 0 Å². The van der Waals surface area contributed by atoms with E-state index in [9.17, 15) is 9.18 Å². The molecule has 82 valence electrons. The van der Waals surface area contributed by atoms with E-state index in [1.165, 1.54) is 12.1 Å². The summed E-state index contributed by atoms with van der Waals surface area (Å²) >= 11 is 0. The molecule has 0 spiro atoms. The van der Waals surface area contributed by atoms with E-state index in [0.717, 1.165) is 5.56 Å². The highest BCUT2D eigenvalue weighted by Crippen LogP contribution is 2.09. The van der Waals surface area contributed by atoms with Crippen molar-refractivity contribution >= 4 is 6.29 Å². The van der Waals surface area contributed by atoms with Gasteiger partial charge in [0, 0.05) is 0 Å². The molecule has 0 saturated carbocycles. The van der Waals surface area contributed by atoms with Gasteiger partial charge in [-0.25, -0.2) is 4.39 Å². The number of carbonyl (C=O) groups is 1. The Bertz CT molecular complexity index is 496. The van der Waals surface area contributed by atoms with Crippen LogP contribution >= 0.6 is 0 Å². The lowest BCUT2D eigenvalue weighted by Gasteiger charge is -1.95. The van der Waals surface area contributed by atoms with Crippen molar-refractivity contribution in [3.63, 3.8) is 0 Å². The van der Waals surface area contributed by atoms with Gasteiger partial charge >= 0.3 is 0 Å². The summed E-state index contributed by atoms with van der Waals surface area (Å²) in [5.41, 5.74) is 0.751. The van der Waals surface area contributed by atoms with Gasteiger partial charge < -0.3 is 9.32 Å². The summed E-state index contributed by atoms with van der Waals surface area (Å²) in [7, 11) is 0. The molecule has 0 N–H and O–H groups in total. The summed E-state index contributed by atoms with van der Waals surface area (Å²) in [4.78, 5) is 14.2. The van der Waals surface area contributed by atoms with Crippen molar-refractivity contribution in [3.8, 4) is 0 Å². The lowest BCUT2D eigenvalue weighted by atomic mass is 10.1. The number of hydrogen-bond acceptors (Lipinski definition) is 4. The molecule has 1 aromatic carbocycles. The molecule has 0 bridgehead atoms. The summed E-state index contributed by atoms with van der Waals surface area (Å²) in [5.74, 6) is 0.425. The van der Waals surface area contributed by atoms with E-state index in [1.54, 1.807) is 12.1 Å². The van der Waals surface area contributed by atoms with E-state index in [-0.39, 0.29) is 12.2 Å². The van der Waals surface area contributed by atoms with Crippen LogP contribution in [0.4, 0.5) is 4.39 Å². The molecule has 0 amide bonds. The van der Waals surface area contributed by atoms with Crippen molar-refractivity contribution < 1.29 is 13.7 Å². The van der Waals surface area contributed by atoms with Gasteiger partial charge in [0.15, 0.2) is 5.82 Å². The highest BCUT2D eigenvalue weighted by molar-refractivity contribution is 5.52. The van der Waals surface area contributed by atoms with Crippen LogP contribution in [-0.4, -0.2) is 16.4 Å². The molecule has 2 rings (SSSR count). The van der Waals surface area contributed by atoms with Gasteiger partial charge in [-0.3, -0.25) is 0 Å². The predicted molar refractivity (Wildman–Crippen MR) is 53.3 cm³/mol. The van der Waals surface area contributed by atoms with Crippen LogP contribution in [0.5, 0.6) is 0 Å². The van der Waals surface area contributed by atoms with E-state index in [0.29, 0.717) is 24.4 Å². The van der Waals surface area contributed by atoms with E-state index >= 15 is 0 Å². The maximum absolute atomic E-state index is 12.9. The Morgan fingerprint density at radius 2 is 2.31 bits per heavy atom. The fraction of sp³-hybridized carbons (Fsp3) is 0.182. The molecule has 0 aliphatic heterocycles. The van der Waals surface area contributed by atoms with Crippen molar-refractivity contribution in [1.29, 1.82) is 0 Å². The van der Waals surface area contributed by atoms with Crippen LogP contribution in [0, 0.1) is 5.82 Å². The molecule has 0 unspecified atom stereocenters. The maximum Gasteiger partial charge on any atom is 0.231 e. The summed E-state index contributed by atoms with van der Waals surface area (Å²) in [6, 6.07) is 6.17. The summed E-state index contributed by atoms with van der Waals surface area (Å²) in [6.45, 7) is 0. The van der Waals surface area contributed by atoms with Crippen LogP contribution in [0.2, 0.25) is 0 Å². The molecule has 1 aromatic heterocycles. The second kappa shape index (κ2) is 4.65. The Balaban J connectivity index is 2.11. The third-order valence-electron chi connectivity index (χ3n) is 2.02. The number of halogens is 1. The first-order valence-corrected chi connectivity index (χ1v) is 4.77. The third-order valence-corrected chi connectivity index (χ3v) is 2.02. The van der Waals surface area contributed by atoms with Crippen molar-refractivity contribution in [2.75, 3.05) is 0 Å². The minimum absolute atomic E-state index is 0.132. The molecule has 0 atom stereocenters. The van der Waals surface area contributed by atoms with Gasteiger partial charge in [-0.2, -0.15) is 4.98 Å². The van der Waals surface area contributed by atoms with Crippen LogP contribution in [0.15, 0.2) is 28.8 Å². The predicted octanol–water partition coefficient (Wildman–Crippen LogP) is 1.54. The van der Waals surface area contributed by atoms with E-state index in [1.807, 2.05) is 0 Å². The van der Waals surface area contributed by atoms with Crippen molar-refractivity contribution in [2.24, 2.45) is 0 Å². The lowest BCUT2D eigenvalue weighted by Crippen LogP contribution is -1.91. The SMILES string of the molecule is O=CCc1noc(Cc2cccc(F)c2)n1. The highest BCUT2D eigenvalue weighted by atomic mass is 19.1. The fourth-order valence-electron chi connectivity index (χ4n) is 1.34. The average Bonchev–Trinajstić information content (AvgIpc) is 2.66. The number of nitrogens with zero attached hydrogens (tertiary/aromatic N) is 2. The highest BCUT2D eigenvalue weighted by Gasteiger charge is 2.06. The number of benzene rings is 1. The van der Waals surface area contributed by atoms with Gasteiger partial charge in [0.25, 0.3) is 0 Å². The van der Waals surface area contributed by atoms with Crippen LogP contribution < -0.4 is 0 Å². The van der Waals surface area contributed by atoms with E-state index in [2.05, 4.69) is 10.1 Å². The number of hydrogen-bond donors (Lipinski definition) is 0. The quantitative estimate of drug-likeness (QED) is 0.733. The molecule has 2 aromatic rings.